The van der Waals surface area contributed by atoms with Gasteiger partial charge in [0.2, 0.25) is 0 Å². The highest BCUT2D eigenvalue weighted by Crippen LogP contribution is 2.43. The van der Waals surface area contributed by atoms with Crippen LogP contribution in [0.2, 0.25) is 0 Å². The Kier molecular flexibility index (Phi) is 6.59. The molecule has 1 aliphatic carbocycles. The van der Waals surface area contributed by atoms with Gasteiger partial charge < -0.3 is 29.2 Å². The lowest BCUT2D eigenvalue weighted by molar-refractivity contribution is -0.0937. The molecule has 9 heteroatoms. The molecule has 0 bridgehead atoms. The first-order valence-corrected chi connectivity index (χ1v) is 14.0. The van der Waals surface area contributed by atoms with E-state index in [1.165, 1.54) is 0 Å². The van der Waals surface area contributed by atoms with Crippen LogP contribution in [-0.4, -0.2) is 68.9 Å². The fraction of sp³-hybridized carbons (Fsp3) is 0.500. The third-order valence-electron chi connectivity index (χ3n) is 8.59. The summed E-state index contributed by atoms with van der Waals surface area (Å²) in [4.78, 5) is 25.2. The van der Waals surface area contributed by atoms with Crippen LogP contribution in [0.5, 0.6) is 5.75 Å². The van der Waals surface area contributed by atoms with Crippen LogP contribution in [0.4, 0.5) is 0 Å². The van der Waals surface area contributed by atoms with E-state index in [4.69, 9.17) is 20.2 Å². The Hall–Kier alpha value is -3.43. The molecule has 2 fully saturated rings. The number of aromatic nitrogens is 4. The average Bonchev–Trinajstić information content (AvgIpc) is 3.49. The lowest BCUT2D eigenvalue weighted by Gasteiger charge is -2.44. The Labute approximate surface area is 228 Å². The molecule has 0 unspecified atom stereocenters. The quantitative estimate of drug-likeness (QED) is 0.379. The minimum absolute atomic E-state index is 0.0176. The molecular formula is C30H38N6O3. The molecular weight excluding hydrogens is 492 g/mol. The van der Waals surface area contributed by atoms with Crippen molar-refractivity contribution >= 4 is 28.0 Å². The van der Waals surface area contributed by atoms with Gasteiger partial charge in [-0.25, -0.2) is 9.97 Å². The summed E-state index contributed by atoms with van der Waals surface area (Å²) in [7, 11) is 3.45. The fourth-order valence-electron chi connectivity index (χ4n) is 6.57. The monoisotopic (exact) mass is 530 g/mol. The van der Waals surface area contributed by atoms with Gasteiger partial charge in [0.25, 0.3) is 5.91 Å². The molecule has 4 heterocycles. The Balaban J connectivity index is 1.50. The van der Waals surface area contributed by atoms with E-state index in [1.54, 1.807) is 14.2 Å². The summed E-state index contributed by atoms with van der Waals surface area (Å²) in [5.41, 5.74) is 10.3. The van der Waals surface area contributed by atoms with Gasteiger partial charge in [-0.2, -0.15) is 0 Å². The number of nitrogens with two attached hydrogens (primary N) is 1. The number of likely N-dealkylation sites (tertiary alicyclic amines) is 1. The van der Waals surface area contributed by atoms with Crippen molar-refractivity contribution in [2.24, 2.45) is 11.7 Å². The molecule has 4 aromatic rings. The van der Waals surface area contributed by atoms with Gasteiger partial charge in [-0.05, 0) is 75.8 Å². The number of benzene rings is 1. The molecule has 9 nitrogen and oxygen atoms in total. The summed E-state index contributed by atoms with van der Waals surface area (Å²) in [5.74, 6) is 1.94. The van der Waals surface area contributed by atoms with Crippen LogP contribution in [0.3, 0.4) is 0 Å². The van der Waals surface area contributed by atoms with Crippen molar-refractivity contribution in [3.63, 3.8) is 0 Å². The first kappa shape index (κ1) is 25.8. The molecule has 1 saturated carbocycles. The topological polar surface area (TPSA) is 100 Å². The van der Waals surface area contributed by atoms with Crippen LogP contribution >= 0.6 is 0 Å². The highest BCUT2D eigenvalue weighted by molar-refractivity contribution is 6.00. The van der Waals surface area contributed by atoms with Crippen molar-refractivity contribution < 1.29 is 14.3 Å². The van der Waals surface area contributed by atoms with Gasteiger partial charge in [0.1, 0.15) is 16.9 Å². The molecule has 0 spiro atoms. The molecule has 2 N–H and O–H groups in total. The number of carbonyl (C=O) groups is 1. The van der Waals surface area contributed by atoms with Crippen LogP contribution < -0.4 is 10.5 Å². The number of aryl methyl sites for hydroxylation is 1. The van der Waals surface area contributed by atoms with Crippen molar-refractivity contribution in [1.82, 2.24) is 24.0 Å². The highest BCUT2D eigenvalue weighted by Gasteiger charge is 2.41. The van der Waals surface area contributed by atoms with E-state index in [9.17, 15) is 4.79 Å². The SMILES string of the molecule is CCn1c(-c2nc3cc(C(=O)N4CCC[C@@H](N)C4)cc(OC)c3n2CC2CC(C)(OC)C2)cc2cccnc21. The fourth-order valence-corrected chi connectivity index (χ4v) is 6.57. The number of ether oxygens (including phenoxy) is 2. The van der Waals surface area contributed by atoms with Crippen LogP contribution in [0.25, 0.3) is 33.6 Å². The normalized spacial score (nSPS) is 23.4. The van der Waals surface area contributed by atoms with Crippen molar-refractivity contribution in [2.75, 3.05) is 27.3 Å². The van der Waals surface area contributed by atoms with Gasteiger partial charge >= 0.3 is 0 Å². The van der Waals surface area contributed by atoms with Crippen molar-refractivity contribution in [1.29, 1.82) is 0 Å². The van der Waals surface area contributed by atoms with Crippen LogP contribution in [0.15, 0.2) is 36.5 Å². The maximum atomic E-state index is 13.5. The molecule has 1 aliphatic heterocycles. The molecule has 6 rings (SSSR count). The molecule has 3 aromatic heterocycles. The highest BCUT2D eigenvalue weighted by atomic mass is 16.5. The number of fused-ring (bicyclic) bond motifs is 2. The third-order valence-corrected chi connectivity index (χ3v) is 8.59. The van der Waals surface area contributed by atoms with E-state index in [1.807, 2.05) is 29.3 Å². The maximum Gasteiger partial charge on any atom is 0.254 e. The van der Waals surface area contributed by atoms with Gasteiger partial charge in [-0.15, -0.1) is 0 Å². The molecule has 39 heavy (non-hydrogen) atoms. The molecule has 1 atom stereocenters. The number of hydrogen-bond acceptors (Lipinski definition) is 6. The van der Waals surface area contributed by atoms with Crippen molar-refractivity contribution in [2.45, 2.75) is 64.3 Å². The number of piperidine rings is 1. The minimum atomic E-state index is -0.0809. The van der Waals surface area contributed by atoms with E-state index in [0.717, 1.165) is 78.9 Å². The largest absolute Gasteiger partial charge is 0.494 e. The van der Waals surface area contributed by atoms with Crippen LogP contribution in [0, 0.1) is 5.92 Å². The Morgan fingerprint density at radius 3 is 2.74 bits per heavy atom. The maximum absolute atomic E-state index is 13.5. The van der Waals surface area contributed by atoms with E-state index in [0.29, 0.717) is 23.8 Å². The van der Waals surface area contributed by atoms with Gasteiger partial charge in [0.05, 0.1) is 23.9 Å². The second-order valence-electron chi connectivity index (χ2n) is 11.4. The number of hydrogen-bond donors (Lipinski definition) is 1. The summed E-state index contributed by atoms with van der Waals surface area (Å²) in [6.07, 6.45) is 5.66. The van der Waals surface area contributed by atoms with Crippen molar-refractivity contribution in [3.05, 3.63) is 42.1 Å². The van der Waals surface area contributed by atoms with Gasteiger partial charge in [0.15, 0.2) is 5.82 Å². The van der Waals surface area contributed by atoms with Crippen molar-refractivity contribution in [3.8, 4) is 17.3 Å². The lowest BCUT2D eigenvalue weighted by Crippen LogP contribution is -2.45. The van der Waals surface area contributed by atoms with E-state index < -0.39 is 0 Å². The molecule has 2 aliphatic rings. The standard InChI is InChI=1S/C30H38N6O3/c1-5-35-24(13-20-8-6-10-32-27(20)35)28-33-23-12-21(29(37)34-11-7-9-22(31)18-34)14-25(38-3)26(23)36(28)17-19-15-30(2,16-19)39-4/h6,8,10,12-14,19,22H,5,7,9,11,15-18,31H2,1-4H3/t19?,22-,30?/m1/s1. The number of amides is 1. The number of rotatable bonds is 7. The number of pyridine rings is 1. The summed E-state index contributed by atoms with van der Waals surface area (Å²) >= 11 is 0. The van der Waals surface area contributed by atoms with Gasteiger partial charge in [-0.3, -0.25) is 4.79 Å². The first-order chi connectivity index (χ1) is 18.8. The number of imidazole rings is 1. The van der Waals surface area contributed by atoms with E-state index in [2.05, 4.69) is 40.1 Å². The van der Waals surface area contributed by atoms with E-state index >= 15 is 0 Å². The van der Waals surface area contributed by atoms with Gasteiger partial charge in [-0.1, -0.05) is 0 Å². The molecule has 206 valence electrons. The summed E-state index contributed by atoms with van der Waals surface area (Å²) in [5, 5.41) is 1.08. The van der Waals surface area contributed by atoms with E-state index in [-0.39, 0.29) is 17.6 Å². The molecule has 0 radical (unpaired) electrons. The number of nitrogens with zero attached hydrogens (tertiary/aromatic N) is 5. The predicted octanol–water partition coefficient (Wildman–Crippen LogP) is 4.46. The average molecular weight is 531 g/mol. The second-order valence-corrected chi connectivity index (χ2v) is 11.4. The second kappa shape index (κ2) is 9.95. The zero-order valence-corrected chi connectivity index (χ0v) is 23.3. The molecule has 1 amide bonds. The molecule has 1 saturated heterocycles. The first-order valence-electron chi connectivity index (χ1n) is 14.0. The Morgan fingerprint density at radius 1 is 1.21 bits per heavy atom. The van der Waals surface area contributed by atoms with Crippen LogP contribution in [0.1, 0.15) is 49.9 Å². The lowest BCUT2D eigenvalue weighted by atomic mass is 9.72. The summed E-state index contributed by atoms with van der Waals surface area (Å²) in [6, 6.07) is 10.0. The third kappa shape index (κ3) is 4.47. The smallest absolute Gasteiger partial charge is 0.254 e. The molecule has 1 aromatic carbocycles. The Morgan fingerprint density at radius 2 is 2.03 bits per heavy atom. The zero-order valence-electron chi connectivity index (χ0n) is 23.3. The van der Waals surface area contributed by atoms with Crippen LogP contribution in [-0.2, 0) is 17.8 Å². The zero-order chi connectivity index (χ0) is 27.3. The Bertz CT molecular complexity index is 1530. The number of methoxy groups -OCH3 is 2. The minimum Gasteiger partial charge on any atom is -0.494 e. The van der Waals surface area contributed by atoms with Gasteiger partial charge in [0, 0.05) is 56.5 Å². The summed E-state index contributed by atoms with van der Waals surface area (Å²) < 4.78 is 16.2. The number of carbonyl (C=O) groups excluding carboxylic acids is 1. The summed E-state index contributed by atoms with van der Waals surface area (Å²) in [6.45, 7) is 7.14. The predicted molar refractivity (Wildman–Crippen MR) is 152 cm³/mol.